The molecular formula is C10H11O3. The molecule has 3 nitrogen and oxygen atoms in total. The highest BCUT2D eigenvalue weighted by Gasteiger charge is 2.00. The Morgan fingerprint density at radius 2 is 2.31 bits per heavy atom. The maximum atomic E-state index is 10.7. The van der Waals surface area contributed by atoms with Gasteiger partial charge in [-0.2, -0.15) is 0 Å². The average Bonchev–Trinajstić information content (AvgIpc) is 2.14. The van der Waals surface area contributed by atoms with Crippen molar-refractivity contribution in [3.8, 4) is 5.75 Å². The van der Waals surface area contributed by atoms with Gasteiger partial charge in [0.15, 0.2) is 6.61 Å². The van der Waals surface area contributed by atoms with Crippen molar-refractivity contribution in [2.24, 2.45) is 0 Å². The van der Waals surface area contributed by atoms with Crippen LogP contribution in [0, 0.1) is 6.92 Å². The minimum absolute atomic E-state index is 0.0695. The molecule has 0 amide bonds. The summed E-state index contributed by atoms with van der Waals surface area (Å²) in [6.07, 6.45) is 0. The van der Waals surface area contributed by atoms with E-state index in [1.807, 2.05) is 12.1 Å². The number of methoxy groups -OCH3 is 1. The number of hydrogen-bond acceptors (Lipinski definition) is 3. The van der Waals surface area contributed by atoms with Crippen LogP contribution in [0.25, 0.3) is 0 Å². The molecule has 0 aliphatic heterocycles. The van der Waals surface area contributed by atoms with Crippen molar-refractivity contribution in [3.05, 3.63) is 36.8 Å². The van der Waals surface area contributed by atoms with E-state index in [0.29, 0.717) is 5.75 Å². The fourth-order valence-electron chi connectivity index (χ4n) is 0.836. The van der Waals surface area contributed by atoms with Crippen molar-refractivity contribution in [1.29, 1.82) is 0 Å². The third-order valence-electron chi connectivity index (χ3n) is 1.48. The van der Waals surface area contributed by atoms with E-state index in [1.165, 1.54) is 7.11 Å². The largest absolute Gasteiger partial charge is 0.482 e. The summed E-state index contributed by atoms with van der Waals surface area (Å²) in [5, 5.41) is 0. The topological polar surface area (TPSA) is 35.5 Å². The van der Waals surface area contributed by atoms with Crippen molar-refractivity contribution in [3.63, 3.8) is 0 Å². The van der Waals surface area contributed by atoms with Crippen LogP contribution in [-0.2, 0) is 9.53 Å². The monoisotopic (exact) mass is 179 g/mol. The Hall–Kier alpha value is -1.51. The van der Waals surface area contributed by atoms with Crippen LogP contribution < -0.4 is 4.74 Å². The molecule has 0 bridgehead atoms. The molecule has 0 aliphatic rings. The highest BCUT2D eigenvalue weighted by molar-refractivity contribution is 5.70. The predicted octanol–water partition coefficient (Wildman–Crippen LogP) is 1.42. The Labute approximate surface area is 77.3 Å². The van der Waals surface area contributed by atoms with Gasteiger partial charge in [-0.05, 0) is 24.6 Å². The lowest BCUT2D eigenvalue weighted by molar-refractivity contribution is -0.142. The molecule has 1 rings (SSSR count). The lowest BCUT2D eigenvalue weighted by Crippen LogP contribution is -2.12. The van der Waals surface area contributed by atoms with E-state index in [-0.39, 0.29) is 6.61 Å². The van der Waals surface area contributed by atoms with E-state index in [2.05, 4.69) is 11.7 Å². The molecule has 0 atom stereocenters. The second-order valence-electron chi connectivity index (χ2n) is 2.51. The minimum atomic E-state index is -0.394. The van der Waals surface area contributed by atoms with Crippen LogP contribution in [-0.4, -0.2) is 19.7 Å². The second-order valence-corrected chi connectivity index (χ2v) is 2.51. The molecule has 1 radical (unpaired) electrons. The molecule has 0 spiro atoms. The van der Waals surface area contributed by atoms with Crippen molar-refractivity contribution in [2.75, 3.05) is 13.7 Å². The molecule has 13 heavy (non-hydrogen) atoms. The fourth-order valence-corrected chi connectivity index (χ4v) is 0.836. The first-order chi connectivity index (χ1) is 6.22. The van der Waals surface area contributed by atoms with Crippen LogP contribution in [0.5, 0.6) is 5.75 Å². The number of hydrogen-bond donors (Lipinski definition) is 0. The van der Waals surface area contributed by atoms with E-state index < -0.39 is 5.97 Å². The van der Waals surface area contributed by atoms with Gasteiger partial charge in [0.05, 0.1) is 7.11 Å². The molecule has 1 aromatic carbocycles. The molecule has 0 fully saturated rings. The summed E-state index contributed by atoms with van der Waals surface area (Å²) >= 11 is 0. The van der Waals surface area contributed by atoms with Crippen LogP contribution in [0.4, 0.5) is 0 Å². The number of rotatable bonds is 3. The normalized spacial score (nSPS) is 9.38. The molecule has 0 N–H and O–H groups in total. The van der Waals surface area contributed by atoms with Gasteiger partial charge in [-0.3, -0.25) is 0 Å². The summed E-state index contributed by atoms with van der Waals surface area (Å²) in [6, 6.07) is 7.18. The van der Waals surface area contributed by atoms with Gasteiger partial charge in [-0.25, -0.2) is 4.79 Å². The zero-order valence-electron chi connectivity index (χ0n) is 7.45. The molecule has 0 aromatic heterocycles. The van der Waals surface area contributed by atoms with Gasteiger partial charge in [0.2, 0.25) is 0 Å². The van der Waals surface area contributed by atoms with E-state index in [1.54, 1.807) is 12.1 Å². The Morgan fingerprint density at radius 3 is 2.92 bits per heavy atom. The molecule has 0 heterocycles. The molecule has 0 saturated heterocycles. The van der Waals surface area contributed by atoms with Crippen LogP contribution >= 0.6 is 0 Å². The molecule has 0 saturated carbocycles. The molecule has 0 unspecified atom stereocenters. The Balaban J connectivity index is 2.50. The summed E-state index contributed by atoms with van der Waals surface area (Å²) in [5.74, 6) is 0.229. The SMILES string of the molecule is [CH2]c1cccc(OCC(=O)OC)c1. The zero-order chi connectivity index (χ0) is 9.68. The number of benzene rings is 1. The van der Waals surface area contributed by atoms with Gasteiger partial charge >= 0.3 is 5.97 Å². The van der Waals surface area contributed by atoms with Gasteiger partial charge in [0, 0.05) is 0 Å². The lowest BCUT2D eigenvalue weighted by atomic mass is 10.2. The van der Waals surface area contributed by atoms with E-state index in [0.717, 1.165) is 5.56 Å². The van der Waals surface area contributed by atoms with E-state index in [4.69, 9.17) is 4.74 Å². The van der Waals surface area contributed by atoms with Gasteiger partial charge < -0.3 is 9.47 Å². The number of ether oxygens (including phenoxy) is 2. The van der Waals surface area contributed by atoms with Crippen molar-refractivity contribution < 1.29 is 14.3 Å². The highest BCUT2D eigenvalue weighted by Crippen LogP contribution is 2.11. The third-order valence-corrected chi connectivity index (χ3v) is 1.48. The summed E-state index contributed by atoms with van der Waals surface area (Å²) in [7, 11) is 1.32. The molecule has 1 aromatic rings. The number of carbonyl (C=O) groups is 1. The molecule has 3 heteroatoms. The Kier molecular flexibility index (Phi) is 3.31. The van der Waals surface area contributed by atoms with Crippen LogP contribution in [0.2, 0.25) is 0 Å². The average molecular weight is 179 g/mol. The van der Waals surface area contributed by atoms with Crippen molar-refractivity contribution >= 4 is 5.97 Å². The van der Waals surface area contributed by atoms with Gasteiger partial charge in [0.1, 0.15) is 5.75 Å². The van der Waals surface area contributed by atoms with Crippen molar-refractivity contribution in [1.82, 2.24) is 0 Å². The maximum absolute atomic E-state index is 10.7. The zero-order valence-corrected chi connectivity index (χ0v) is 7.45. The molecule has 69 valence electrons. The molecule has 0 aliphatic carbocycles. The summed E-state index contributed by atoms with van der Waals surface area (Å²) in [6.45, 7) is 3.66. The number of esters is 1. The van der Waals surface area contributed by atoms with Crippen LogP contribution in [0.15, 0.2) is 24.3 Å². The van der Waals surface area contributed by atoms with Crippen LogP contribution in [0.1, 0.15) is 5.56 Å². The third kappa shape index (κ3) is 3.15. The first-order valence-corrected chi connectivity index (χ1v) is 3.84. The summed E-state index contributed by atoms with van der Waals surface area (Å²) in [5.41, 5.74) is 0.849. The predicted molar refractivity (Wildman–Crippen MR) is 48.4 cm³/mol. The quantitative estimate of drug-likeness (QED) is 0.658. The molecular weight excluding hydrogens is 168 g/mol. The first-order valence-electron chi connectivity index (χ1n) is 3.84. The maximum Gasteiger partial charge on any atom is 0.343 e. The fraction of sp³-hybridized carbons (Fsp3) is 0.200. The van der Waals surface area contributed by atoms with E-state index >= 15 is 0 Å². The highest BCUT2D eigenvalue weighted by atomic mass is 16.6. The smallest absolute Gasteiger partial charge is 0.343 e. The summed E-state index contributed by atoms with van der Waals surface area (Å²) < 4.78 is 9.55. The summed E-state index contributed by atoms with van der Waals surface area (Å²) in [4.78, 5) is 10.7. The number of carbonyl (C=O) groups excluding carboxylic acids is 1. The minimum Gasteiger partial charge on any atom is -0.482 e. The lowest BCUT2D eigenvalue weighted by Gasteiger charge is -2.04. The van der Waals surface area contributed by atoms with Gasteiger partial charge in [-0.15, -0.1) is 0 Å². The van der Waals surface area contributed by atoms with Gasteiger partial charge in [0.25, 0.3) is 0 Å². The Morgan fingerprint density at radius 1 is 1.54 bits per heavy atom. The second kappa shape index (κ2) is 4.50. The van der Waals surface area contributed by atoms with Gasteiger partial charge in [-0.1, -0.05) is 12.1 Å². The van der Waals surface area contributed by atoms with Crippen molar-refractivity contribution in [2.45, 2.75) is 0 Å². The standard InChI is InChI=1S/C10H11O3/c1-8-4-3-5-9(6-8)13-7-10(11)12-2/h3-6H,1,7H2,2H3. The first kappa shape index (κ1) is 9.58. The van der Waals surface area contributed by atoms with Crippen LogP contribution in [0.3, 0.4) is 0 Å². The Bertz CT molecular complexity index is 294. The van der Waals surface area contributed by atoms with E-state index in [9.17, 15) is 4.79 Å².